The maximum Gasteiger partial charge on any atom is 0.290 e. The molecule has 11 heteroatoms. The molecule has 4 rings (SSSR count). The number of phenolic OH excluding ortho intramolecular Hbond substituents is 1. The number of aromatic amines is 1. The second-order valence-electron chi connectivity index (χ2n) is 8.30. The molecule has 11 nitrogen and oxygen atoms in total. The third kappa shape index (κ3) is 4.52. The molecule has 0 bridgehead atoms. The molecular weight excluding hydrogens is 454 g/mol. The molecule has 0 radical (unpaired) electrons. The Labute approximate surface area is 200 Å². The average Bonchev–Trinajstić information content (AvgIpc) is 3.31. The van der Waals surface area contributed by atoms with Gasteiger partial charge in [0, 0.05) is 21.1 Å². The van der Waals surface area contributed by atoms with Crippen LogP contribution in [0.2, 0.25) is 0 Å². The highest BCUT2D eigenvalue weighted by atomic mass is 16.7. The van der Waals surface area contributed by atoms with Gasteiger partial charge in [-0.05, 0) is 36.2 Å². The zero-order chi connectivity index (χ0) is 25.3. The number of fused-ring (bicyclic) bond motifs is 1. The Hall–Kier alpha value is -4.41. The van der Waals surface area contributed by atoms with Crippen molar-refractivity contribution in [1.82, 2.24) is 14.7 Å². The second kappa shape index (κ2) is 9.45. The van der Waals surface area contributed by atoms with Crippen molar-refractivity contribution in [3.05, 3.63) is 68.2 Å². The molecule has 1 amide bonds. The van der Waals surface area contributed by atoms with Gasteiger partial charge in [0.15, 0.2) is 17.2 Å². The zero-order valence-corrected chi connectivity index (χ0v) is 19.8. The molecule has 1 aromatic heterocycles. The van der Waals surface area contributed by atoms with Crippen LogP contribution in [0.25, 0.3) is 0 Å². The van der Waals surface area contributed by atoms with Gasteiger partial charge in [0.1, 0.15) is 11.4 Å². The van der Waals surface area contributed by atoms with Gasteiger partial charge >= 0.3 is 0 Å². The smallest absolute Gasteiger partial charge is 0.290 e. The molecule has 0 saturated carbocycles. The molecule has 2 aromatic carbocycles. The first kappa shape index (κ1) is 23.7. The predicted octanol–water partition coefficient (Wildman–Crippen LogP) is 2.52. The number of rotatable bonds is 7. The van der Waals surface area contributed by atoms with E-state index < -0.39 is 17.0 Å². The summed E-state index contributed by atoms with van der Waals surface area (Å²) in [6.45, 7) is 2.08. The first-order valence-corrected chi connectivity index (χ1v) is 11.0. The van der Waals surface area contributed by atoms with Gasteiger partial charge < -0.3 is 30.1 Å². The van der Waals surface area contributed by atoms with Gasteiger partial charge in [-0.1, -0.05) is 19.1 Å². The van der Waals surface area contributed by atoms with Crippen molar-refractivity contribution in [2.24, 2.45) is 7.05 Å². The van der Waals surface area contributed by atoms with Gasteiger partial charge in [-0.2, -0.15) is 0 Å². The molecule has 1 atom stereocenters. The molecule has 0 saturated heterocycles. The van der Waals surface area contributed by atoms with Gasteiger partial charge in [0.2, 0.25) is 6.79 Å². The number of para-hydroxylation sites is 1. The summed E-state index contributed by atoms with van der Waals surface area (Å²) in [5.41, 5.74) is -0.126. The van der Waals surface area contributed by atoms with E-state index in [9.17, 15) is 19.5 Å². The summed E-state index contributed by atoms with van der Waals surface area (Å²) in [6, 6.07) is 9.71. The van der Waals surface area contributed by atoms with Crippen molar-refractivity contribution in [2.75, 3.05) is 31.5 Å². The molecule has 0 unspecified atom stereocenters. The zero-order valence-electron chi connectivity index (χ0n) is 19.8. The number of carbonyl (C=O) groups excluding carboxylic acids is 1. The number of amides is 1. The van der Waals surface area contributed by atoms with Crippen LogP contribution in [0.4, 0.5) is 17.1 Å². The number of ether oxygens (including phenoxy) is 2. The first-order chi connectivity index (χ1) is 16.7. The number of aromatic hydroxyl groups is 1. The van der Waals surface area contributed by atoms with E-state index >= 15 is 0 Å². The molecule has 35 heavy (non-hydrogen) atoms. The lowest BCUT2D eigenvalue weighted by Crippen LogP contribution is -2.32. The van der Waals surface area contributed by atoms with Crippen LogP contribution >= 0.6 is 0 Å². The fourth-order valence-corrected chi connectivity index (χ4v) is 3.82. The van der Waals surface area contributed by atoms with Gasteiger partial charge in [-0.3, -0.25) is 24.2 Å². The number of H-pyrrole nitrogens is 1. The summed E-state index contributed by atoms with van der Waals surface area (Å²) in [5, 5.41) is 19.3. The van der Waals surface area contributed by atoms with Crippen LogP contribution in [-0.2, 0) is 7.05 Å². The van der Waals surface area contributed by atoms with Crippen LogP contribution in [0.5, 0.6) is 17.2 Å². The Kier molecular flexibility index (Phi) is 6.41. The normalized spacial score (nSPS) is 12.8. The van der Waals surface area contributed by atoms with Gasteiger partial charge in [0.25, 0.3) is 17.0 Å². The molecule has 4 N–H and O–H groups in total. The van der Waals surface area contributed by atoms with Crippen LogP contribution in [-0.4, -0.2) is 46.6 Å². The number of benzene rings is 2. The highest BCUT2D eigenvalue weighted by molar-refractivity contribution is 5.98. The second-order valence-corrected chi connectivity index (χ2v) is 8.30. The lowest BCUT2D eigenvalue weighted by molar-refractivity contribution is 0.0824. The lowest BCUT2D eigenvalue weighted by Gasteiger charge is -2.21. The van der Waals surface area contributed by atoms with Crippen LogP contribution < -0.4 is 31.2 Å². The Morgan fingerprint density at radius 3 is 2.63 bits per heavy atom. The third-order valence-electron chi connectivity index (χ3n) is 5.72. The van der Waals surface area contributed by atoms with E-state index in [-0.39, 0.29) is 41.2 Å². The molecular formula is C24H27N5O6. The standard InChI is InChI=1S/C24H27N5O6/c1-5-15(13-9-10-17-18(11-13)35-12-34-17)25-19-20(24(33)29(4)27-22(19)31)26-16-8-6-7-14(21(16)30)23(32)28(2)3/h6-11,15,25-26,30H,5,12H2,1-4H3,(H,27,31)/t15-/m1/s1. The van der Waals surface area contributed by atoms with Gasteiger partial charge in [-0.15, -0.1) is 0 Å². The summed E-state index contributed by atoms with van der Waals surface area (Å²) in [4.78, 5) is 39.7. The Bertz CT molecular complexity index is 1390. The van der Waals surface area contributed by atoms with E-state index in [1.807, 2.05) is 19.1 Å². The Balaban J connectivity index is 1.75. The largest absolute Gasteiger partial charge is 0.505 e. The van der Waals surface area contributed by atoms with Crippen LogP contribution in [0.3, 0.4) is 0 Å². The van der Waals surface area contributed by atoms with Gasteiger partial charge in [0.05, 0.1) is 17.3 Å². The predicted molar refractivity (Wildman–Crippen MR) is 131 cm³/mol. The van der Waals surface area contributed by atoms with E-state index in [4.69, 9.17) is 9.47 Å². The summed E-state index contributed by atoms with van der Waals surface area (Å²) in [5.74, 6) is 0.505. The van der Waals surface area contributed by atoms with E-state index in [1.165, 1.54) is 24.1 Å². The van der Waals surface area contributed by atoms with E-state index in [0.717, 1.165) is 10.2 Å². The van der Waals surface area contributed by atoms with Crippen LogP contribution in [0.15, 0.2) is 46.0 Å². The Morgan fingerprint density at radius 1 is 1.17 bits per heavy atom. The van der Waals surface area contributed by atoms with Crippen molar-refractivity contribution in [3.63, 3.8) is 0 Å². The van der Waals surface area contributed by atoms with Crippen molar-refractivity contribution in [1.29, 1.82) is 0 Å². The molecule has 0 spiro atoms. The highest BCUT2D eigenvalue weighted by Crippen LogP contribution is 2.36. The number of nitrogens with zero attached hydrogens (tertiary/aromatic N) is 2. The minimum atomic E-state index is -0.534. The monoisotopic (exact) mass is 481 g/mol. The van der Waals surface area contributed by atoms with E-state index in [0.29, 0.717) is 17.9 Å². The number of hydrogen-bond acceptors (Lipinski definition) is 8. The maximum atomic E-state index is 13.0. The fraction of sp³-hybridized carbons (Fsp3) is 0.292. The van der Waals surface area contributed by atoms with Crippen molar-refractivity contribution >= 4 is 23.0 Å². The van der Waals surface area contributed by atoms with Crippen molar-refractivity contribution in [2.45, 2.75) is 19.4 Å². The molecule has 1 aliphatic rings. The number of aromatic nitrogens is 2. The summed E-state index contributed by atoms with van der Waals surface area (Å²) in [6.07, 6.45) is 0.589. The number of anilines is 3. The van der Waals surface area contributed by atoms with Crippen molar-refractivity contribution < 1.29 is 19.4 Å². The number of carbonyl (C=O) groups is 1. The first-order valence-electron chi connectivity index (χ1n) is 11.0. The summed E-state index contributed by atoms with van der Waals surface area (Å²) < 4.78 is 11.9. The minimum Gasteiger partial charge on any atom is -0.505 e. The van der Waals surface area contributed by atoms with Gasteiger partial charge in [-0.25, -0.2) is 0 Å². The quantitative estimate of drug-likeness (QED) is 0.378. The van der Waals surface area contributed by atoms with E-state index in [1.54, 1.807) is 26.2 Å². The number of hydrogen-bond donors (Lipinski definition) is 4. The average molecular weight is 482 g/mol. The lowest BCUT2D eigenvalue weighted by atomic mass is 10.0. The molecule has 0 fully saturated rings. The molecule has 2 heterocycles. The summed E-state index contributed by atoms with van der Waals surface area (Å²) in [7, 11) is 4.55. The summed E-state index contributed by atoms with van der Waals surface area (Å²) >= 11 is 0. The minimum absolute atomic E-state index is 0.00126. The number of aryl methyl sites for hydroxylation is 1. The molecule has 1 aliphatic heterocycles. The number of nitrogens with one attached hydrogen (secondary N) is 3. The molecule has 0 aliphatic carbocycles. The molecule has 184 valence electrons. The van der Waals surface area contributed by atoms with E-state index in [2.05, 4.69) is 15.7 Å². The van der Waals surface area contributed by atoms with Crippen LogP contribution in [0.1, 0.15) is 35.3 Å². The topological polar surface area (TPSA) is 138 Å². The third-order valence-corrected chi connectivity index (χ3v) is 5.72. The number of phenols is 1. The highest BCUT2D eigenvalue weighted by Gasteiger charge is 2.23. The fourth-order valence-electron chi connectivity index (χ4n) is 3.82. The Morgan fingerprint density at radius 2 is 1.91 bits per heavy atom. The SMILES string of the molecule is CC[C@@H](Nc1c(Nc2cccc(C(=O)N(C)C)c2O)c(=O)n(C)[nH]c1=O)c1ccc2c(c1)OCO2. The van der Waals surface area contributed by atoms with Crippen LogP contribution in [0, 0.1) is 0 Å². The van der Waals surface area contributed by atoms with Crippen molar-refractivity contribution in [3.8, 4) is 17.2 Å². The molecule has 3 aromatic rings. The maximum absolute atomic E-state index is 13.0.